The first-order valence-corrected chi connectivity index (χ1v) is 11.8. The van der Waals surface area contributed by atoms with E-state index in [9.17, 15) is 18.0 Å². The van der Waals surface area contributed by atoms with Gasteiger partial charge in [-0.25, -0.2) is 8.42 Å². The van der Waals surface area contributed by atoms with Crippen molar-refractivity contribution < 1.29 is 18.0 Å². The number of anilines is 2. The lowest BCUT2D eigenvalue weighted by Gasteiger charge is -2.30. The SMILES string of the molecule is CC[C@H](C(=O)Nc1ccccc1C(=O)N[C@@H](C)CC)N(c1ccccc1)S(C)(=O)=O. The van der Waals surface area contributed by atoms with Crippen LogP contribution in [-0.4, -0.2) is 38.6 Å². The van der Waals surface area contributed by atoms with Gasteiger partial charge in [0.25, 0.3) is 5.91 Å². The Kier molecular flexibility index (Phi) is 8.00. The van der Waals surface area contributed by atoms with Gasteiger partial charge in [0.1, 0.15) is 6.04 Å². The fraction of sp³-hybridized carbons (Fsp3) is 0.364. The Morgan fingerprint density at radius 1 is 0.967 bits per heavy atom. The van der Waals surface area contributed by atoms with Crippen LogP contribution in [0.2, 0.25) is 0 Å². The monoisotopic (exact) mass is 431 g/mol. The molecule has 0 saturated heterocycles. The lowest BCUT2D eigenvalue weighted by molar-refractivity contribution is -0.117. The third-order valence-electron chi connectivity index (χ3n) is 4.76. The van der Waals surface area contributed by atoms with Crippen LogP contribution >= 0.6 is 0 Å². The highest BCUT2D eigenvalue weighted by molar-refractivity contribution is 7.92. The third kappa shape index (κ3) is 5.82. The van der Waals surface area contributed by atoms with Gasteiger partial charge < -0.3 is 10.6 Å². The fourth-order valence-corrected chi connectivity index (χ4v) is 4.26. The third-order valence-corrected chi connectivity index (χ3v) is 5.94. The van der Waals surface area contributed by atoms with E-state index in [4.69, 9.17) is 0 Å². The second-order valence-corrected chi connectivity index (χ2v) is 9.00. The van der Waals surface area contributed by atoms with Crippen LogP contribution in [0.5, 0.6) is 0 Å². The molecule has 0 heterocycles. The largest absolute Gasteiger partial charge is 0.350 e. The van der Waals surface area contributed by atoms with E-state index in [2.05, 4.69) is 10.6 Å². The van der Waals surface area contributed by atoms with Crippen LogP contribution in [0.15, 0.2) is 54.6 Å². The molecule has 0 aliphatic heterocycles. The molecule has 0 aliphatic rings. The molecule has 0 saturated carbocycles. The Bertz CT molecular complexity index is 977. The minimum Gasteiger partial charge on any atom is -0.350 e. The Morgan fingerprint density at radius 2 is 1.57 bits per heavy atom. The van der Waals surface area contributed by atoms with Crippen LogP contribution in [0.1, 0.15) is 44.0 Å². The van der Waals surface area contributed by atoms with Crippen LogP contribution in [-0.2, 0) is 14.8 Å². The van der Waals surface area contributed by atoms with E-state index in [0.717, 1.165) is 17.0 Å². The summed E-state index contributed by atoms with van der Waals surface area (Å²) in [6.45, 7) is 5.61. The van der Waals surface area contributed by atoms with Gasteiger partial charge in [-0.15, -0.1) is 0 Å². The van der Waals surface area contributed by atoms with Crippen molar-refractivity contribution in [3.05, 3.63) is 60.2 Å². The Labute approximate surface area is 178 Å². The average molecular weight is 432 g/mol. The van der Waals surface area contributed by atoms with Crippen LogP contribution in [0.3, 0.4) is 0 Å². The van der Waals surface area contributed by atoms with Crippen molar-refractivity contribution >= 4 is 33.2 Å². The number of rotatable bonds is 9. The highest BCUT2D eigenvalue weighted by atomic mass is 32.2. The van der Waals surface area contributed by atoms with Crippen molar-refractivity contribution in [2.24, 2.45) is 0 Å². The smallest absolute Gasteiger partial charge is 0.253 e. The molecule has 0 aromatic heterocycles. The first-order valence-electron chi connectivity index (χ1n) is 9.94. The molecule has 0 fully saturated rings. The molecular weight excluding hydrogens is 402 g/mol. The maximum absolute atomic E-state index is 13.1. The summed E-state index contributed by atoms with van der Waals surface area (Å²) in [6, 6.07) is 14.2. The van der Waals surface area contributed by atoms with Crippen molar-refractivity contribution in [1.29, 1.82) is 0 Å². The van der Waals surface area contributed by atoms with Crippen LogP contribution in [0, 0.1) is 0 Å². The molecule has 2 aromatic carbocycles. The van der Waals surface area contributed by atoms with Gasteiger partial charge in [0, 0.05) is 6.04 Å². The molecule has 30 heavy (non-hydrogen) atoms. The second-order valence-electron chi connectivity index (χ2n) is 7.14. The molecule has 0 bridgehead atoms. The van der Waals surface area contributed by atoms with Gasteiger partial charge in [-0.1, -0.05) is 44.2 Å². The molecular formula is C22H29N3O4S. The topological polar surface area (TPSA) is 95.6 Å². The summed E-state index contributed by atoms with van der Waals surface area (Å²) < 4.78 is 26.1. The van der Waals surface area contributed by atoms with Gasteiger partial charge in [-0.3, -0.25) is 13.9 Å². The highest BCUT2D eigenvalue weighted by Gasteiger charge is 2.32. The molecule has 2 rings (SSSR count). The molecule has 2 atom stereocenters. The molecule has 0 unspecified atom stereocenters. The van der Waals surface area contributed by atoms with Crippen molar-refractivity contribution in [2.75, 3.05) is 15.9 Å². The van der Waals surface area contributed by atoms with Crippen molar-refractivity contribution in [1.82, 2.24) is 5.32 Å². The molecule has 0 radical (unpaired) electrons. The number of hydrogen-bond donors (Lipinski definition) is 2. The molecule has 0 aliphatic carbocycles. The highest BCUT2D eigenvalue weighted by Crippen LogP contribution is 2.24. The van der Waals surface area contributed by atoms with Gasteiger partial charge in [0.15, 0.2) is 0 Å². The predicted molar refractivity (Wildman–Crippen MR) is 120 cm³/mol. The molecule has 2 amide bonds. The van der Waals surface area contributed by atoms with Crippen molar-refractivity contribution in [3.63, 3.8) is 0 Å². The summed E-state index contributed by atoms with van der Waals surface area (Å²) in [6.07, 6.45) is 2.11. The van der Waals surface area contributed by atoms with Gasteiger partial charge in [-0.2, -0.15) is 0 Å². The quantitative estimate of drug-likeness (QED) is 0.636. The first-order chi connectivity index (χ1) is 14.2. The van der Waals surface area contributed by atoms with Gasteiger partial charge in [0.05, 0.1) is 23.2 Å². The van der Waals surface area contributed by atoms with E-state index in [-0.39, 0.29) is 18.4 Å². The first kappa shape index (κ1) is 23.4. The van der Waals surface area contributed by atoms with Crippen molar-refractivity contribution in [3.8, 4) is 0 Å². The zero-order valence-electron chi connectivity index (χ0n) is 17.8. The summed E-state index contributed by atoms with van der Waals surface area (Å²) in [5.41, 5.74) is 1.07. The summed E-state index contributed by atoms with van der Waals surface area (Å²) in [7, 11) is -3.72. The zero-order chi connectivity index (χ0) is 22.3. The molecule has 162 valence electrons. The summed E-state index contributed by atoms with van der Waals surface area (Å²) in [4.78, 5) is 25.7. The zero-order valence-corrected chi connectivity index (χ0v) is 18.6. The fourth-order valence-electron chi connectivity index (χ4n) is 3.04. The number of carbonyl (C=O) groups is 2. The number of nitrogens with zero attached hydrogens (tertiary/aromatic N) is 1. The molecule has 7 nitrogen and oxygen atoms in total. The van der Waals surface area contributed by atoms with Crippen LogP contribution in [0.25, 0.3) is 0 Å². The maximum Gasteiger partial charge on any atom is 0.253 e. The van der Waals surface area contributed by atoms with Gasteiger partial charge in [0.2, 0.25) is 15.9 Å². The summed E-state index contributed by atoms with van der Waals surface area (Å²) in [5, 5.41) is 5.63. The molecule has 0 spiro atoms. The van der Waals surface area contributed by atoms with Crippen LogP contribution < -0.4 is 14.9 Å². The Hall–Kier alpha value is -2.87. The Balaban J connectivity index is 2.34. The number of carbonyl (C=O) groups excluding carboxylic acids is 2. The van der Waals surface area contributed by atoms with Gasteiger partial charge in [-0.05, 0) is 44.0 Å². The van der Waals surface area contributed by atoms with Crippen LogP contribution in [0.4, 0.5) is 11.4 Å². The van der Waals surface area contributed by atoms with E-state index < -0.39 is 22.0 Å². The average Bonchev–Trinajstić information content (AvgIpc) is 2.71. The molecule has 2 N–H and O–H groups in total. The standard InChI is InChI=1S/C22H29N3O4S/c1-5-16(3)23-21(26)18-14-10-11-15-19(18)24-22(27)20(6-2)25(30(4,28)29)17-12-8-7-9-13-17/h7-16,20H,5-6H2,1-4H3,(H,23,26)(H,24,27)/t16-,20+/m0/s1. The number of sulfonamides is 1. The molecule has 2 aromatic rings. The summed E-state index contributed by atoms with van der Waals surface area (Å²) in [5.74, 6) is -0.799. The van der Waals surface area contributed by atoms with E-state index in [1.807, 2.05) is 13.8 Å². The number of hydrogen-bond acceptors (Lipinski definition) is 4. The lowest BCUT2D eigenvalue weighted by atomic mass is 10.1. The number of para-hydroxylation sites is 2. The van der Waals surface area contributed by atoms with Gasteiger partial charge >= 0.3 is 0 Å². The number of nitrogens with one attached hydrogen (secondary N) is 2. The lowest BCUT2D eigenvalue weighted by Crippen LogP contribution is -2.47. The molecule has 8 heteroatoms. The van der Waals surface area contributed by atoms with E-state index in [0.29, 0.717) is 16.9 Å². The minimum atomic E-state index is -3.72. The predicted octanol–water partition coefficient (Wildman–Crippen LogP) is 3.40. The van der Waals surface area contributed by atoms with E-state index >= 15 is 0 Å². The van der Waals surface area contributed by atoms with E-state index in [1.54, 1.807) is 61.5 Å². The number of benzene rings is 2. The number of amides is 2. The Morgan fingerprint density at radius 3 is 2.13 bits per heavy atom. The minimum absolute atomic E-state index is 0.0107. The second kappa shape index (κ2) is 10.2. The van der Waals surface area contributed by atoms with Crippen molar-refractivity contribution in [2.45, 2.75) is 45.7 Å². The maximum atomic E-state index is 13.1. The summed E-state index contributed by atoms with van der Waals surface area (Å²) >= 11 is 0. The normalized spacial score (nSPS) is 13.2. The van der Waals surface area contributed by atoms with E-state index in [1.165, 1.54) is 0 Å².